The van der Waals surface area contributed by atoms with E-state index in [0.29, 0.717) is 5.56 Å². The van der Waals surface area contributed by atoms with E-state index in [0.717, 1.165) is 52.5 Å². The number of benzene rings is 2. The Morgan fingerprint density at radius 2 is 1.97 bits per heavy atom. The molecule has 150 valence electrons. The van der Waals surface area contributed by atoms with E-state index < -0.39 is 0 Å². The number of para-hydroxylation sites is 1. The van der Waals surface area contributed by atoms with Crippen LogP contribution in [0.4, 0.5) is 10.8 Å². The number of anilines is 2. The minimum atomic E-state index is -0.110. The summed E-state index contributed by atoms with van der Waals surface area (Å²) >= 11 is 3.20. The molecule has 0 saturated carbocycles. The van der Waals surface area contributed by atoms with Gasteiger partial charge in [-0.1, -0.05) is 53.4 Å². The van der Waals surface area contributed by atoms with E-state index in [4.69, 9.17) is 4.74 Å². The van der Waals surface area contributed by atoms with Crippen molar-refractivity contribution in [2.45, 2.75) is 29.0 Å². The van der Waals surface area contributed by atoms with Gasteiger partial charge >= 0.3 is 0 Å². The van der Waals surface area contributed by atoms with Crippen molar-refractivity contribution in [3.05, 3.63) is 65.7 Å². The number of ether oxygens (including phenoxy) is 1. The maximum absolute atomic E-state index is 12.3. The third-order valence-electron chi connectivity index (χ3n) is 4.52. The van der Waals surface area contributed by atoms with Gasteiger partial charge in [0, 0.05) is 30.2 Å². The van der Waals surface area contributed by atoms with Gasteiger partial charge in [-0.3, -0.25) is 4.79 Å². The van der Waals surface area contributed by atoms with E-state index in [-0.39, 0.29) is 12.0 Å². The van der Waals surface area contributed by atoms with E-state index in [1.165, 1.54) is 0 Å². The number of rotatable bonds is 8. The van der Waals surface area contributed by atoms with Crippen LogP contribution in [0.15, 0.2) is 58.9 Å². The van der Waals surface area contributed by atoms with Crippen molar-refractivity contribution in [2.24, 2.45) is 0 Å². The van der Waals surface area contributed by atoms with E-state index >= 15 is 0 Å². The van der Waals surface area contributed by atoms with E-state index in [1.54, 1.807) is 23.1 Å². The minimum absolute atomic E-state index is 0.110. The molecule has 0 aliphatic carbocycles. The summed E-state index contributed by atoms with van der Waals surface area (Å²) in [6.07, 6.45) is 2.52. The van der Waals surface area contributed by atoms with Crippen molar-refractivity contribution in [1.29, 1.82) is 0 Å². The highest BCUT2D eigenvalue weighted by atomic mass is 32.2. The summed E-state index contributed by atoms with van der Waals surface area (Å²) in [5.41, 5.74) is 2.56. The van der Waals surface area contributed by atoms with E-state index in [2.05, 4.69) is 20.8 Å². The highest BCUT2D eigenvalue weighted by Crippen LogP contribution is 2.28. The van der Waals surface area contributed by atoms with Crippen LogP contribution in [-0.4, -0.2) is 35.4 Å². The summed E-state index contributed by atoms with van der Waals surface area (Å²) in [5, 5.41) is 15.5. The lowest BCUT2D eigenvalue weighted by molar-refractivity contribution is 0.102. The lowest BCUT2D eigenvalue weighted by Crippen LogP contribution is -2.18. The van der Waals surface area contributed by atoms with Gasteiger partial charge in [-0.15, -0.1) is 10.2 Å². The summed E-state index contributed by atoms with van der Waals surface area (Å²) in [4.78, 5) is 12.3. The molecule has 1 atom stereocenters. The Bertz CT molecular complexity index is 925. The lowest BCUT2D eigenvalue weighted by Gasteiger charge is -2.08. The molecule has 3 aromatic rings. The van der Waals surface area contributed by atoms with Gasteiger partial charge in [-0.25, -0.2) is 0 Å². The Hall–Kier alpha value is -2.42. The average Bonchev–Trinajstić information content (AvgIpc) is 3.44. The molecule has 29 heavy (non-hydrogen) atoms. The molecule has 1 saturated heterocycles. The average molecular weight is 427 g/mol. The second kappa shape index (κ2) is 9.87. The van der Waals surface area contributed by atoms with Crippen molar-refractivity contribution in [2.75, 3.05) is 23.8 Å². The van der Waals surface area contributed by atoms with Crippen molar-refractivity contribution >= 4 is 39.8 Å². The SMILES string of the molecule is O=C(Nc1ccccc1)c1ccc(CSc2nnc(NCC3CCCO3)s2)cc1. The molecule has 8 heteroatoms. The van der Waals surface area contributed by atoms with Gasteiger partial charge in [0.2, 0.25) is 5.13 Å². The predicted molar refractivity (Wildman–Crippen MR) is 118 cm³/mol. The second-order valence-corrected chi connectivity index (χ2v) is 8.89. The summed E-state index contributed by atoms with van der Waals surface area (Å²) in [6.45, 7) is 1.64. The molecule has 0 spiro atoms. The highest BCUT2D eigenvalue weighted by molar-refractivity contribution is 8.00. The number of amides is 1. The van der Waals surface area contributed by atoms with Crippen molar-refractivity contribution in [3.63, 3.8) is 0 Å². The van der Waals surface area contributed by atoms with E-state index in [9.17, 15) is 4.79 Å². The number of nitrogens with zero attached hydrogens (tertiary/aromatic N) is 2. The van der Waals surface area contributed by atoms with Crippen LogP contribution in [0.25, 0.3) is 0 Å². The number of hydrogen-bond donors (Lipinski definition) is 2. The fraction of sp³-hybridized carbons (Fsp3) is 0.286. The molecule has 1 aliphatic heterocycles. The van der Waals surface area contributed by atoms with Crippen LogP contribution in [-0.2, 0) is 10.5 Å². The maximum Gasteiger partial charge on any atom is 0.255 e. The number of carbonyl (C=O) groups excluding carboxylic acids is 1. The molecule has 1 aliphatic rings. The fourth-order valence-corrected chi connectivity index (χ4v) is 4.68. The molecule has 2 heterocycles. The van der Waals surface area contributed by atoms with Gasteiger partial charge in [0.25, 0.3) is 5.91 Å². The monoisotopic (exact) mass is 426 g/mol. The first-order valence-electron chi connectivity index (χ1n) is 9.53. The first kappa shape index (κ1) is 19.9. The molecule has 2 N–H and O–H groups in total. The molecule has 1 unspecified atom stereocenters. The number of aromatic nitrogens is 2. The topological polar surface area (TPSA) is 76.1 Å². The third-order valence-corrected chi connectivity index (χ3v) is 6.61. The normalized spacial score (nSPS) is 15.9. The first-order chi connectivity index (χ1) is 14.3. The summed E-state index contributed by atoms with van der Waals surface area (Å²) < 4.78 is 6.53. The molecule has 0 bridgehead atoms. The van der Waals surface area contributed by atoms with Crippen LogP contribution in [0.2, 0.25) is 0 Å². The Morgan fingerprint density at radius 1 is 1.14 bits per heavy atom. The molecule has 0 radical (unpaired) electrons. The van der Waals surface area contributed by atoms with Crippen LogP contribution in [0, 0.1) is 0 Å². The zero-order chi connectivity index (χ0) is 19.9. The van der Waals surface area contributed by atoms with Gasteiger partial charge < -0.3 is 15.4 Å². The standard InChI is InChI=1S/C21H22N4O2S2/c26-19(23-17-5-2-1-3-6-17)16-10-8-15(9-11-16)14-28-21-25-24-20(29-21)22-13-18-7-4-12-27-18/h1-3,5-6,8-11,18H,4,7,12-14H2,(H,22,24)(H,23,26). The van der Waals surface area contributed by atoms with Crippen LogP contribution in [0.3, 0.4) is 0 Å². The quantitative estimate of drug-likeness (QED) is 0.510. The summed E-state index contributed by atoms with van der Waals surface area (Å²) in [6, 6.07) is 17.1. The first-order valence-corrected chi connectivity index (χ1v) is 11.3. The smallest absolute Gasteiger partial charge is 0.255 e. The summed E-state index contributed by atoms with van der Waals surface area (Å²) in [7, 11) is 0. The largest absolute Gasteiger partial charge is 0.376 e. The van der Waals surface area contributed by atoms with Crippen LogP contribution < -0.4 is 10.6 Å². The zero-order valence-corrected chi connectivity index (χ0v) is 17.5. The van der Waals surface area contributed by atoms with Crippen molar-refractivity contribution < 1.29 is 9.53 Å². The molecule has 1 fully saturated rings. The zero-order valence-electron chi connectivity index (χ0n) is 15.8. The number of carbonyl (C=O) groups is 1. The van der Waals surface area contributed by atoms with Crippen LogP contribution in [0.1, 0.15) is 28.8 Å². The Morgan fingerprint density at radius 3 is 2.72 bits per heavy atom. The second-order valence-electron chi connectivity index (χ2n) is 6.69. The van der Waals surface area contributed by atoms with Crippen molar-refractivity contribution in [1.82, 2.24) is 10.2 Å². The highest BCUT2D eigenvalue weighted by Gasteiger charge is 2.16. The molecule has 2 aromatic carbocycles. The van der Waals surface area contributed by atoms with Crippen molar-refractivity contribution in [3.8, 4) is 0 Å². The third kappa shape index (κ3) is 5.79. The van der Waals surface area contributed by atoms with Gasteiger partial charge in [-0.05, 0) is 42.7 Å². The van der Waals surface area contributed by atoms with E-state index in [1.807, 2.05) is 54.6 Å². The fourth-order valence-electron chi connectivity index (χ4n) is 2.97. The molecule has 4 rings (SSSR count). The van der Waals surface area contributed by atoms with Crippen LogP contribution >= 0.6 is 23.1 Å². The minimum Gasteiger partial charge on any atom is -0.376 e. The number of hydrogen-bond acceptors (Lipinski definition) is 7. The number of nitrogens with one attached hydrogen (secondary N) is 2. The van der Waals surface area contributed by atoms with Gasteiger partial charge in [0.1, 0.15) is 0 Å². The molecule has 1 aromatic heterocycles. The van der Waals surface area contributed by atoms with Crippen LogP contribution in [0.5, 0.6) is 0 Å². The number of thioether (sulfide) groups is 1. The Balaban J connectivity index is 1.25. The Labute approximate surface area is 178 Å². The molecular formula is C21H22N4O2S2. The molecular weight excluding hydrogens is 404 g/mol. The molecule has 6 nitrogen and oxygen atoms in total. The lowest BCUT2D eigenvalue weighted by atomic mass is 10.1. The van der Waals surface area contributed by atoms with Gasteiger partial charge in [0.05, 0.1) is 6.10 Å². The molecule has 1 amide bonds. The maximum atomic E-state index is 12.3. The predicted octanol–water partition coefficient (Wildman–Crippen LogP) is 4.67. The summed E-state index contributed by atoms with van der Waals surface area (Å²) in [5.74, 6) is 0.669. The van der Waals surface area contributed by atoms with Gasteiger partial charge in [0.15, 0.2) is 4.34 Å². The Kier molecular flexibility index (Phi) is 6.76. The van der Waals surface area contributed by atoms with Gasteiger partial charge in [-0.2, -0.15) is 0 Å².